The van der Waals surface area contributed by atoms with E-state index in [0.717, 1.165) is 0 Å². The van der Waals surface area contributed by atoms with Gasteiger partial charge in [-0.1, -0.05) is 30.3 Å². The highest BCUT2D eigenvalue weighted by Crippen LogP contribution is 2.14. The number of benzene rings is 1. The molecule has 0 bridgehead atoms. The summed E-state index contributed by atoms with van der Waals surface area (Å²) < 4.78 is 0. The van der Waals surface area contributed by atoms with Crippen LogP contribution in [0, 0.1) is 0 Å². The van der Waals surface area contributed by atoms with Gasteiger partial charge in [-0.25, -0.2) is 4.79 Å². The van der Waals surface area contributed by atoms with E-state index < -0.39 is 17.6 Å². The number of carboxylic acids is 1. The standard InChI is InChI=1S/C14H20N2O3/c1-14(2,15)9-8-11(17)16-12(13(18)19)10-6-4-3-5-7-10/h3-7,12H,8-9,15H2,1-2H3,(H,16,17)(H,18,19)/t12-/m0/s1. The van der Waals surface area contributed by atoms with Crippen molar-refractivity contribution in [1.29, 1.82) is 0 Å². The Morgan fingerprint density at radius 1 is 1.32 bits per heavy atom. The van der Waals surface area contributed by atoms with E-state index in [0.29, 0.717) is 12.0 Å². The van der Waals surface area contributed by atoms with Crippen LogP contribution in [-0.2, 0) is 9.59 Å². The lowest BCUT2D eigenvalue weighted by molar-refractivity contribution is -0.142. The highest BCUT2D eigenvalue weighted by Gasteiger charge is 2.22. The van der Waals surface area contributed by atoms with E-state index in [2.05, 4.69) is 5.32 Å². The summed E-state index contributed by atoms with van der Waals surface area (Å²) in [5.74, 6) is -1.39. The molecule has 0 saturated carbocycles. The first-order chi connectivity index (χ1) is 8.79. The van der Waals surface area contributed by atoms with Crippen molar-refractivity contribution in [2.24, 2.45) is 5.73 Å². The van der Waals surface area contributed by atoms with E-state index in [1.165, 1.54) is 0 Å². The number of nitrogens with one attached hydrogen (secondary N) is 1. The van der Waals surface area contributed by atoms with E-state index in [4.69, 9.17) is 10.8 Å². The van der Waals surface area contributed by atoms with Crippen LogP contribution in [0.4, 0.5) is 0 Å². The number of carbonyl (C=O) groups is 2. The van der Waals surface area contributed by atoms with E-state index in [-0.39, 0.29) is 12.3 Å². The molecular formula is C14H20N2O3. The third kappa shape index (κ3) is 5.52. The van der Waals surface area contributed by atoms with Gasteiger partial charge in [0.1, 0.15) is 0 Å². The van der Waals surface area contributed by atoms with Crippen LogP contribution in [0.1, 0.15) is 38.3 Å². The first-order valence-electron chi connectivity index (χ1n) is 6.15. The molecule has 0 fully saturated rings. The molecule has 1 aromatic carbocycles. The Labute approximate surface area is 112 Å². The molecule has 19 heavy (non-hydrogen) atoms. The van der Waals surface area contributed by atoms with Gasteiger partial charge in [-0.15, -0.1) is 0 Å². The van der Waals surface area contributed by atoms with Crippen LogP contribution in [0.15, 0.2) is 30.3 Å². The summed E-state index contributed by atoms with van der Waals surface area (Å²) in [6.45, 7) is 3.65. The quantitative estimate of drug-likeness (QED) is 0.725. The second-order valence-electron chi connectivity index (χ2n) is 5.24. The summed E-state index contributed by atoms with van der Waals surface area (Å²) in [4.78, 5) is 22.9. The molecule has 0 aliphatic carbocycles. The zero-order valence-corrected chi connectivity index (χ0v) is 11.2. The molecule has 1 rings (SSSR count). The third-order valence-electron chi connectivity index (χ3n) is 2.68. The topological polar surface area (TPSA) is 92.4 Å². The lowest BCUT2D eigenvalue weighted by Gasteiger charge is -2.19. The fraction of sp³-hybridized carbons (Fsp3) is 0.429. The van der Waals surface area contributed by atoms with Crippen LogP contribution in [0.5, 0.6) is 0 Å². The molecule has 5 heteroatoms. The van der Waals surface area contributed by atoms with E-state index in [1.807, 2.05) is 13.8 Å². The maximum Gasteiger partial charge on any atom is 0.330 e. The molecule has 0 spiro atoms. The zero-order valence-electron chi connectivity index (χ0n) is 11.2. The van der Waals surface area contributed by atoms with Crippen molar-refractivity contribution in [2.75, 3.05) is 0 Å². The first-order valence-corrected chi connectivity index (χ1v) is 6.15. The van der Waals surface area contributed by atoms with Crippen LogP contribution in [-0.4, -0.2) is 22.5 Å². The molecule has 0 radical (unpaired) electrons. The zero-order chi connectivity index (χ0) is 14.5. The van der Waals surface area contributed by atoms with Gasteiger partial charge in [0.05, 0.1) is 0 Å². The Balaban J connectivity index is 2.65. The van der Waals surface area contributed by atoms with Gasteiger partial charge >= 0.3 is 5.97 Å². The number of amides is 1. The lowest BCUT2D eigenvalue weighted by atomic mass is 9.99. The maximum atomic E-state index is 11.7. The second kappa shape index (κ2) is 6.33. The van der Waals surface area contributed by atoms with E-state index >= 15 is 0 Å². The minimum absolute atomic E-state index is 0.208. The smallest absolute Gasteiger partial charge is 0.330 e. The summed E-state index contributed by atoms with van der Waals surface area (Å²) in [5, 5.41) is 11.7. The largest absolute Gasteiger partial charge is 0.479 e. The Bertz CT molecular complexity index is 438. The van der Waals surface area contributed by atoms with Gasteiger partial charge in [0.25, 0.3) is 0 Å². The molecule has 0 unspecified atom stereocenters. The molecule has 0 aliphatic rings. The SMILES string of the molecule is CC(C)(N)CCC(=O)N[C@H](C(=O)O)c1ccccc1. The number of nitrogens with two attached hydrogens (primary N) is 1. The first kappa shape index (κ1) is 15.2. The number of carbonyl (C=O) groups excluding carboxylic acids is 1. The predicted molar refractivity (Wildman–Crippen MR) is 72.5 cm³/mol. The summed E-state index contributed by atoms with van der Waals surface area (Å²) in [6, 6.07) is 7.59. The van der Waals surface area contributed by atoms with Crippen LogP contribution in [0.25, 0.3) is 0 Å². The summed E-state index contributed by atoms with van der Waals surface area (Å²) >= 11 is 0. The van der Waals surface area contributed by atoms with Crippen molar-refractivity contribution in [1.82, 2.24) is 5.32 Å². The Morgan fingerprint density at radius 2 is 1.89 bits per heavy atom. The van der Waals surface area contributed by atoms with Crippen LogP contribution < -0.4 is 11.1 Å². The lowest BCUT2D eigenvalue weighted by Crippen LogP contribution is -2.37. The molecule has 5 nitrogen and oxygen atoms in total. The third-order valence-corrected chi connectivity index (χ3v) is 2.68. The second-order valence-corrected chi connectivity index (χ2v) is 5.24. The number of aliphatic carboxylic acids is 1. The van der Waals surface area contributed by atoms with Gasteiger partial charge in [-0.2, -0.15) is 0 Å². The summed E-state index contributed by atoms with van der Waals surface area (Å²) in [6.07, 6.45) is 0.708. The van der Waals surface area contributed by atoms with Gasteiger partial charge in [-0.05, 0) is 25.8 Å². The molecule has 0 aromatic heterocycles. The number of hydrogen-bond donors (Lipinski definition) is 3. The molecule has 1 amide bonds. The summed E-state index contributed by atoms with van der Waals surface area (Å²) in [5.41, 5.74) is 5.90. The molecule has 4 N–H and O–H groups in total. The van der Waals surface area contributed by atoms with Crippen LogP contribution in [0.3, 0.4) is 0 Å². The number of hydrogen-bond acceptors (Lipinski definition) is 3. The van der Waals surface area contributed by atoms with Crippen molar-refractivity contribution in [3.63, 3.8) is 0 Å². The molecule has 0 saturated heterocycles. The Kier molecular flexibility index (Phi) is 5.06. The molecule has 1 atom stereocenters. The highest BCUT2D eigenvalue weighted by atomic mass is 16.4. The molecule has 0 aliphatic heterocycles. The minimum Gasteiger partial charge on any atom is -0.479 e. The van der Waals surface area contributed by atoms with E-state index in [1.54, 1.807) is 30.3 Å². The van der Waals surface area contributed by atoms with Gasteiger partial charge in [-0.3, -0.25) is 4.79 Å². The Morgan fingerprint density at radius 3 is 2.37 bits per heavy atom. The molecule has 0 heterocycles. The fourth-order valence-corrected chi connectivity index (χ4v) is 1.60. The van der Waals surface area contributed by atoms with Crippen molar-refractivity contribution in [3.05, 3.63) is 35.9 Å². The van der Waals surface area contributed by atoms with Gasteiger partial charge < -0.3 is 16.2 Å². The molecule has 1 aromatic rings. The van der Waals surface area contributed by atoms with Crippen molar-refractivity contribution >= 4 is 11.9 Å². The summed E-state index contributed by atoms with van der Waals surface area (Å²) in [7, 11) is 0. The van der Waals surface area contributed by atoms with Crippen molar-refractivity contribution in [3.8, 4) is 0 Å². The maximum absolute atomic E-state index is 11.7. The van der Waals surface area contributed by atoms with E-state index in [9.17, 15) is 9.59 Å². The van der Waals surface area contributed by atoms with Crippen molar-refractivity contribution < 1.29 is 14.7 Å². The minimum atomic E-state index is -1.08. The average molecular weight is 264 g/mol. The number of rotatable bonds is 6. The van der Waals surface area contributed by atoms with Gasteiger partial charge in [0.15, 0.2) is 6.04 Å². The predicted octanol–water partition coefficient (Wildman–Crippen LogP) is 1.45. The van der Waals surface area contributed by atoms with Crippen LogP contribution in [0.2, 0.25) is 0 Å². The van der Waals surface area contributed by atoms with Gasteiger partial charge in [0, 0.05) is 12.0 Å². The average Bonchev–Trinajstić information content (AvgIpc) is 2.33. The number of carboxylic acid groups (broad SMARTS) is 1. The molecular weight excluding hydrogens is 244 g/mol. The van der Waals surface area contributed by atoms with Crippen LogP contribution >= 0.6 is 0 Å². The highest BCUT2D eigenvalue weighted by molar-refractivity contribution is 5.84. The fourth-order valence-electron chi connectivity index (χ4n) is 1.60. The monoisotopic (exact) mass is 264 g/mol. The normalized spacial score (nSPS) is 12.8. The molecule has 104 valence electrons. The van der Waals surface area contributed by atoms with Crippen molar-refractivity contribution in [2.45, 2.75) is 38.3 Å². The van der Waals surface area contributed by atoms with Gasteiger partial charge in [0.2, 0.25) is 5.91 Å². The Hall–Kier alpha value is -1.88.